The first-order valence-corrected chi connectivity index (χ1v) is 10.6. The van der Waals surface area contributed by atoms with E-state index < -0.39 is 24.1 Å². The number of aliphatic hydroxyl groups is 1. The third kappa shape index (κ3) is 5.24. The molecule has 0 aliphatic heterocycles. The van der Waals surface area contributed by atoms with Crippen molar-refractivity contribution in [2.24, 2.45) is 0 Å². The number of nitrogens with zero attached hydrogens (tertiary/aromatic N) is 1. The second-order valence-corrected chi connectivity index (χ2v) is 7.82. The van der Waals surface area contributed by atoms with Crippen molar-refractivity contribution in [1.29, 1.82) is 0 Å². The Kier molecular flexibility index (Phi) is 6.88. The zero-order valence-corrected chi connectivity index (χ0v) is 18.1. The van der Waals surface area contributed by atoms with Crippen LogP contribution in [0.15, 0.2) is 59.1 Å². The standard InChI is InChI=1S/C24H23N3O7/c28-14(9-22(29)25-12-15-10-21(23(30)31)27-34-15)11-26-24(32)33-13-20-18-7-3-1-5-16(18)17-6-2-4-8-19(17)20/h1-8,10,14,20,28H,9,11-13H2,(H,25,29)(H,26,32)(H,30,31). The molecule has 3 aromatic rings. The molecule has 2 amide bonds. The van der Waals surface area contributed by atoms with Gasteiger partial charge in [0.2, 0.25) is 5.91 Å². The van der Waals surface area contributed by atoms with E-state index in [0.29, 0.717) is 0 Å². The summed E-state index contributed by atoms with van der Waals surface area (Å²) in [5.74, 6) is -1.66. The molecular weight excluding hydrogens is 442 g/mol. The van der Waals surface area contributed by atoms with E-state index in [2.05, 4.69) is 15.8 Å². The quantitative estimate of drug-likeness (QED) is 0.376. The SMILES string of the molecule is O=C(CC(O)CNC(=O)OCC1c2ccccc2-c2ccccc21)NCc1cc(C(=O)O)no1. The zero-order valence-electron chi connectivity index (χ0n) is 18.1. The number of carboxylic acids is 1. The minimum absolute atomic E-state index is 0.0772. The van der Waals surface area contributed by atoms with Gasteiger partial charge in [-0.15, -0.1) is 0 Å². The Balaban J connectivity index is 1.20. The number of carboxylic acid groups (broad SMARTS) is 1. The second kappa shape index (κ2) is 10.2. The first kappa shape index (κ1) is 23.0. The zero-order chi connectivity index (χ0) is 24.1. The van der Waals surface area contributed by atoms with E-state index in [9.17, 15) is 19.5 Å². The Morgan fingerprint density at radius 1 is 1.03 bits per heavy atom. The maximum Gasteiger partial charge on any atom is 0.407 e. The lowest BCUT2D eigenvalue weighted by atomic mass is 9.98. The Hall–Kier alpha value is -4.18. The molecule has 0 radical (unpaired) electrons. The van der Waals surface area contributed by atoms with Gasteiger partial charge < -0.3 is 30.1 Å². The first-order chi connectivity index (χ1) is 16.4. The van der Waals surface area contributed by atoms with Gasteiger partial charge in [0.15, 0.2) is 11.5 Å². The Morgan fingerprint density at radius 2 is 1.68 bits per heavy atom. The Labute approximate surface area is 194 Å². The lowest BCUT2D eigenvalue weighted by Crippen LogP contribution is -2.36. The van der Waals surface area contributed by atoms with E-state index in [4.69, 9.17) is 14.4 Å². The summed E-state index contributed by atoms with van der Waals surface area (Å²) in [6.45, 7) is -0.104. The van der Waals surface area contributed by atoms with Gasteiger partial charge in [-0.05, 0) is 22.3 Å². The third-order valence-electron chi connectivity index (χ3n) is 5.48. The molecule has 10 nitrogen and oxygen atoms in total. The average Bonchev–Trinajstić information content (AvgIpc) is 3.43. The summed E-state index contributed by atoms with van der Waals surface area (Å²) in [4.78, 5) is 34.9. The van der Waals surface area contributed by atoms with E-state index >= 15 is 0 Å². The van der Waals surface area contributed by atoms with Crippen molar-refractivity contribution >= 4 is 18.0 Å². The van der Waals surface area contributed by atoms with Crippen LogP contribution in [0.5, 0.6) is 0 Å². The maximum atomic E-state index is 12.2. The molecule has 1 aromatic heterocycles. The fourth-order valence-corrected chi connectivity index (χ4v) is 3.89. The molecule has 4 N–H and O–H groups in total. The lowest BCUT2D eigenvalue weighted by molar-refractivity contribution is -0.123. The minimum Gasteiger partial charge on any atom is -0.476 e. The van der Waals surface area contributed by atoms with Gasteiger partial charge in [0.25, 0.3) is 0 Å². The highest BCUT2D eigenvalue weighted by Gasteiger charge is 2.29. The molecule has 34 heavy (non-hydrogen) atoms. The van der Waals surface area contributed by atoms with Gasteiger partial charge in [-0.1, -0.05) is 53.7 Å². The molecule has 0 saturated carbocycles. The minimum atomic E-state index is -1.24. The molecule has 2 aromatic carbocycles. The topological polar surface area (TPSA) is 151 Å². The predicted molar refractivity (Wildman–Crippen MR) is 119 cm³/mol. The average molecular weight is 465 g/mol. The summed E-state index contributed by atoms with van der Waals surface area (Å²) in [5.41, 5.74) is 4.17. The van der Waals surface area contributed by atoms with Crippen molar-refractivity contribution < 1.29 is 33.9 Å². The van der Waals surface area contributed by atoms with Crippen LogP contribution in [0, 0.1) is 0 Å². The highest BCUT2D eigenvalue weighted by molar-refractivity contribution is 5.85. The van der Waals surface area contributed by atoms with Gasteiger partial charge >= 0.3 is 12.1 Å². The van der Waals surface area contributed by atoms with E-state index in [-0.39, 0.29) is 43.5 Å². The van der Waals surface area contributed by atoms with Gasteiger partial charge in [0, 0.05) is 18.5 Å². The second-order valence-electron chi connectivity index (χ2n) is 7.82. The van der Waals surface area contributed by atoms with Gasteiger partial charge in [0.05, 0.1) is 19.1 Å². The number of nitrogens with one attached hydrogen (secondary N) is 2. The van der Waals surface area contributed by atoms with Gasteiger partial charge in [-0.2, -0.15) is 0 Å². The molecule has 4 rings (SSSR count). The molecule has 10 heteroatoms. The van der Waals surface area contributed by atoms with Crippen LogP contribution in [-0.2, 0) is 16.1 Å². The number of fused-ring (bicyclic) bond motifs is 3. The van der Waals surface area contributed by atoms with Crippen molar-refractivity contribution in [1.82, 2.24) is 15.8 Å². The fourth-order valence-electron chi connectivity index (χ4n) is 3.89. The summed E-state index contributed by atoms with van der Waals surface area (Å²) in [7, 11) is 0. The molecule has 0 saturated heterocycles. The maximum absolute atomic E-state index is 12.2. The highest BCUT2D eigenvalue weighted by Crippen LogP contribution is 2.44. The molecule has 0 spiro atoms. The number of aromatic carboxylic acids is 1. The number of hydrogen-bond donors (Lipinski definition) is 4. The molecule has 1 unspecified atom stereocenters. The van der Waals surface area contributed by atoms with Crippen LogP contribution >= 0.6 is 0 Å². The summed E-state index contributed by atoms with van der Waals surface area (Å²) >= 11 is 0. The van der Waals surface area contributed by atoms with Gasteiger partial charge in [-0.3, -0.25) is 4.79 Å². The van der Waals surface area contributed by atoms with Crippen molar-refractivity contribution in [2.75, 3.05) is 13.2 Å². The number of aliphatic hydroxyl groups excluding tert-OH is 1. The number of carbonyl (C=O) groups is 3. The van der Waals surface area contributed by atoms with Crippen LogP contribution in [0.3, 0.4) is 0 Å². The van der Waals surface area contributed by atoms with Crippen LogP contribution in [0.4, 0.5) is 4.79 Å². The van der Waals surface area contributed by atoms with Crippen molar-refractivity contribution in [3.63, 3.8) is 0 Å². The molecule has 0 bridgehead atoms. The van der Waals surface area contributed by atoms with Crippen LogP contribution < -0.4 is 10.6 Å². The molecule has 0 fully saturated rings. The van der Waals surface area contributed by atoms with E-state index in [1.165, 1.54) is 6.07 Å². The van der Waals surface area contributed by atoms with Crippen LogP contribution in [0.25, 0.3) is 11.1 Å². The number of amides is 2. The number of alkyl carbamates (subject to hydrolysis) is 1. The smallest absolute Gasteiger partial charge is 0.407 e. The van der Waals surface area contributed by atoms with Gasteiger partial charge in [0.1, 0.15) is 6.61 Å². The number of aromatic nitrogens is 1. The number of hydrogen-bond acceptors (Lipinski definition) is 7. The number of benzene rings is 2. The molecule has 176 valence electrons. The third-order valence-corrected chi connectivity index (χ3v) is 5.48. The predicted octanol–water partition coefficient (Wildman–Crippen LogP) is 2.28. The van der Waals surface area contributed by atoms with Gasteiger partial charge in [-0.25, -0.2) is 9.59 Å². The molecule has 1 aliphatic rings. The lowest BCUT2D eigenvalue weighted by Gasteiger charge is -2.15. The number of rotatable bonds is 9. The van der Waals surface area contributed by atoms with E-state index in [1.807, 2.05) is 48.5 Å². The number of ether oxygens (including phenoxy) is 1. The molecule has 1 aliphatic carbocycles. The monoisotopic (exact) mass is 465 g/mol. The van der Waals surface area contributed by atoms with Crippen molar-refractivity contribution in [3.8, 4) is 11.1 Å². The molecular formula is C24H23N3O7. The van der Waals surface area contributed by atoms with E-state index in [1.54, 1.807) is 0 Å². The summed E-state index contributed by atoms with van der Waals surface area (Å²) in [6, 6.07) is 17.2. The summed E-state index contributed by atoms with van der Waals surface area (Å²) < 4.78 is 10.2. The number of carbonyl (C=O) groups excluding carboxylic acids is 2. The van der Waals surface area contributed by atoms with Crippen molar-refractivity contribution in [2.45, 2.75) is 25.0 Å². The fraction of sp³-hybridized carbons (Fsp3) is 0.250. The Bertz CT molecular complexity index is 1160. The summed E-state index contributed by atoms with van der Waals surface area (Å²) in [5, 5.41) is 27.1. The highest BCUT2D eigenvalue weighted by atomic mass is 16.5. The normalized spacial score (nSPS) is 13.0. The summed E-state index contributed by atoms with van der Waals surface area (Å²) in [6.07, 6.45) is -2.10. The molecule has 1 atom stereocenters. The van der Waals surface area contributed by atoms with Crippen LogP contribution in [0.2, 0.25) is 0 Å². The molecule has 1 heterocycles. The van der Waals surface area contributed by atoms with Crippen molar-refractivity contribution in [3.05, 3.63) is 77.2 Å². The largest absolute Gasteiger partial charge is 0.476 e. The van der Waals surface area contributed by atoms with Crippen LogP contribution in [-0.4, -0.2) is 52.6 Å². The first-order valence-electron chi connectivity index (χ1n) is 10.6. The van der Waals surface area contributed by atoms with E-state index in [0.717, 1.165) is 22.3 Å². The Morgan fingerprint density at radius 3 is 2.29 bits per heavy atom. The van der Waals surface area contributed by atoms with Crippen LogP contribution in [0.1, 0.15) is 39.7 Å².